The van der Waals surface area contributed by atoms with Crippen LogP contribution < -0.4 is 4.74 Å². The molecular formula is C21H17ClFNO5S. The zero-order valence-electron chi connectivity index (χ0n) is 15.9. The Morgan fingerprint density at radius 2 is 2.00 bits per heavy atom. The molecule has 156 valence electrons. The second-order valence-electron chi connectivity index (χ2n) is 6.13. The second kappa shape index (κ2) is 9.77. The maximum absolute atomic E-state index is 13.9. The summed E-state index contributed by atoms with van der Waals surface area (Å²) in [7, 11) is 0. The summed E-state index contributed by atoms with van der Waals surface area (Å²) < 4.78 is 24.3. The van der Waals surface area contributed by atoms with Gasteiger partial charge in [0.15, 0.2) is 0 Å². The van der Waals surface area contributed by atoms with Crippen LogP contribution in [0.1, 0.15) is 18.1 Å². The molecule has 0 spiro atoms. The van der Waals surface area contributed by atoms with Gasteiger partial charge in [0.25, 0.3) is 11.1 Å². The minimum atomic E-state index is -0.650. The van der Waals surface area contributed by atoms with E-state index in [1.165, 1.54) is 18.2 Å². The first kappa shape index (κ1) is 21.9. The van der Waals surface area contributed by atoms with E-state index < -0.39 is 29.5 Å². The second-order valence-corrected chi connectivity index (χ2v) is 7.53. The number of halogens is 2. The first-order chi connectivity index (χ1) is 14.4. The van der Waals surface area contributed by atoms with Gasteiger partial charge in [-0.3, -0.25) is 19.3 Å². The number of thioether (sulfide) groups is 1. The molecular weight excluding hydrogens is 433 g/mol. The molecule has 0 saturated carbocycles. The van der Waals surface area contributed by atoms with Crippen LogP contribution in [-0.2, 0) is 20.9 Å². The molecule has 0 bridgehead atoms. The summed E-state index contributed by atoms with van der Waals surface area (Å²) in [6, 6.07) is 11.1. The van der Waals surface area contributed by atoms with Crippen molar-refractivity contribution in [3.63, 3.8) is 0 Å². The average molecular weight is 450 g/mol. The Hall–Kier alpha value is -2.84. The zero-order chi connectivity index (χ0) is 21.7. The number of carbonyl (C=O) groups is 3. The van der Waals surface area contributed by atoms with E-state index in [1.54, 1.807) is 37.3 Å². The van der Waals surface area contributed by atoms with E-state index in [0.717, 1.165) is 16.7 Å². The summed E-state index contributed by atoms with van der Waals surface area (Å²) in [5.41, 5.74) is 0.846. The van der Waals surface area contributed by atoms with Gasteiger partial charge in [-0.1, -0.05) is 29.8 Å². The Balaban J connectivity index is 1.71. The van der Waals surface area contributed by atoms with Crippen molar-refractivity contribution in [2.45, 2.75) is 13.5 Å². The molecule has 6 nitrogen and oxygen atoms in total. The van der Waals surface area contributed by atoms with Crippen LogP contribution in [0.3, 0.4) is 0 Å². The summed E-state index contributed by atoms with van der Waals surface area (Å²) in [6.45, 7) is 1.31. The van der Waals surface area contributed by atoms with Crippen molar-refractivity contribution in [2.24, 2.45) is 0 Å². The summed E-state index contributed by atoms with van der Waals surface area (Å²) >= 11 is 6.74. The highest BCUT2D eigenvalue weighted by molar-refractivity contribution is 8.18. The normalized spacial score (nSPS) is 15.0. The number of amides is 2. The molecule has 1 saturated heterocycles. The van der Waals surface area contributed by atoms with Gasteiger partial charge in [-0.25, -0.2) is 4.39 Å². The number of benzene rings is 2. The lowest BCUT2D eigenvalue weighted by Gasteiger charge is -2.11. The van der Waals surface area contributed by atoms with Crippen molar-refractivity contribution in [1.29, 1.82) is 0 Å². The van der Waals surface area contributed by atoms with Crippen molar-refractivity contribution in [1.82, 2.24) is 4.90 Å². The Morgan fingerprint density at radius 3 is 2.73 bits per heavy atom. The van der Waals surface area contributed by atoms with Crippen molar-refractivity contribution in [3.05, 3.63) is 69.3 Å². The Labute approximate surface area is 181 Å². The van der Waals surface area contributed by atoms with Gasteiger partial charge in [0.05, 0.1) is 16.5 Å². The Kier molecular flexibility index (Phi) is 7.12. The zero-order valence-corrected chi connectivity index (χ0v) is 17.5. The summed E-state index contributed by atoms with van der Waals surface area (Å²) in [5.74, 6) is -1.24. The molecule has 1 fully saturated rings. The quantitative estimate of drug-likeness (QED) is 0.452. The number of hydrogen-bond acceptors (Lipinski definition) is 6. The van der Waals surface area contributed by atoms with Crippen LogP contribution in [0.2, 0.25) is 5.02 Å². The lowest BCUT2D eigenvalue weighted by Crippen LogP contribution is -2.34. The molecule has 1 aliphatic heterocycles. The topological polar surface area (TPSA) is 72.9 Å². The fourth-order valence-corrected chi connectivity index (χ4v) is 3.70. The Bertz CT molecular complexity index is 1010. The Morgan fingerprint density at radius 1 is 1.23 bits per heavy atom. The minimum absolute atomic E-state index is 0.0645. The third-order valence-corrected chi connectivity index (χ3v) is 5.33. The SMILES string of the molecule is CCOC(=O)CN1C(=O)S/C(=C\c2cccc(OCc3c(F)cccc3Cl)c2)C1=O. The van der Waals surface area contributed by atoms with Crippen LogP contribution in [0.4, 0.5) is 9.18 Å². The van der Waals surface area contributed by atoms with Crippen LogP contribution >= 0.6 is 23.4 Å². The number of esters is 1. The number of imide groups is 1. The number of nitrogens with zero attached hydrogens (tertiary/aromatic N) is 1. The van der Waals surface area contributed by atoms with Crippen molar-refractivity contribution in [2.75, 3.05) is 13.2 Å². The van der Waals surface area contributed by atoms with E-state index in [4.69, 9.17) is 21.1 Å². The first-order valence-electron chi connectivity index (χ1n) is 8.95. The molecule has 9 heteroatoms. The highest BCUT2D eigenvalue weighted by Crippen LogP contribution is 2.32. The van der Waals surface area contributed by atoms with E-state index in [1.807, 2.05) is 0 Å². The van der Waals surface area contributed by atoms with Crippen LogP contribution in [0, 0.1) is 5.82 Å². The van der Waals surface area contributed by atoms with Crippen LogP contribution in [-0.4, -0.2) is 35.2 Å². The summed E-state index contributed by atoms with van der Waals surface area (Å²) in [6.07, 6.45) is 1.53. The van der Waals surface area contributed by atoms with Gasteiger partial charge in [-0.05, 0) is 54.6 Å². The van der Waals surface area contributed by atoms with E-state index >= 15 is 0 Å². The molecule has 0 N–H and O–H groups in total. The molecule has 2 aromatic rings. The van der Waals surface area contributed by atoms with Gasteiger partial charge in [-0.2, -0.15) is 0 Å². The van der Waals surface area contributed by atoms with Gasteiger partial charge in [0, 0.05) is 5.56 Å². The number of hydrogen-bond donors (Lipinski definition) is 0. The standard InChI is InChI=1S/C21H17ClFNO5S/c1-2-28-19(25)11-24-20(26)18(30-21(24)27)10-13-5-3-6-14(9-13)29-12-15-16(22)7-4-8-17(15)23/h3-10H,2,11-12H2,1H3/b18-10-. The van der Waals surface area contributed by atoms with Crippen LogP contribution in [0.15, 0.2) is 47.4 Å². The molecule has 0 atom stereocenters. The number of carbonyl (C=O) groups excluding carboxylic acids is 3. The van der Waals surface area contributed by atoms with Gasteiger partial charge in [0.2, 0.25) is 0 Å². The summed E-state index contributed by atoms with van der Waals surface area (Å²) in [4.78, 5) is 37.1. The molecule has 1 aliphatic rings. The molecule has 0 radical (unpaired) electrons. The molecule has 2 amide bonds. The average Bonchev–Trinajstić information content (AvgIpc) is 2.95. The predicted octanol–water partition coefficient (Wildman–Crippen LogP) is 4.66. The fraction of sp³-hybridized carbons (Fsp3) is 0.190. The smallest absolute Gasteiger partial charge is 0.326 e. The van der Waals surface area contributed by atoms with Crippen molar-refractivity contribution < 1.29 is 28.2 Å². The third-order valence-electron chi connectivity index (χ3n) is 4.07. The fourth-order valence-electron chi connectivity index (χ4n) is 2.64. The van der Waals surface area contributed by atoms with Gasteiger partial charge >= 0.3 is 5.97 Å². The number of rotatable bonds is 7. The highest BCUT2D eigenvalue weighted by atomic mass is 35.5. The van der Waals surface area contributed by atoms with E-state index in [9.17, 15) is 18.8 Å². The van der Waals surface area contributed by atoms with E-state index in [0.29, 0.717) is 11.3 Å². The lowest BCUT2D eigenvalue weighted by atomic mass is 10.2. The maximum Gasteiger partial charge on any atom is 0.326 e. The number of ether oxygens (including phenoxy) is 2. The van der Waals surface area contributed by atoms with Crippen molar-refractivity contribution in [3.8, 4) is 5.75 Å². The van der Waals surface area contributed by atoms with Crippen LogP contribution in [0.5, 0.6) is 5.75 Å². The molecule has 1 heterocycles. The van der Waals surface area contributed by atoms with Gasteiger partial charge < -0.3 is 9.47 Å². The summed E-state index contributed by atoms with van der Waals surface area (Å²) in [5, 5.41) is -0.276. The van der Waals surface area contributed by atoms with E-state index in [2.05, 4.69) is 0 Å². The molecule has 0 aromatic heterocycles. The molecule has 30 heavy (non-hydrogen) atoms. The molecule has 3 rings (SSSR count). The largest absolute Gasteiger partial charge is 0.489 e. The van der Waals surface area contributed by atoms with Crippen molar-refractivity contribution >= 4 is 46.6 Å². The molecule has 0 aliphatic carbocycles. The molecule has 2 aromatic carbocycles. The molecule has 0 unspecified atom stereocenters. The predicted molar refractivity (Wildman–Crippen MR) is 111 cm³/mol. The minimum Gasteiger partial charge on any atom is -0.489 e. The monoisotopic (exact) mass is 449 g/mol. The highest BCUT2D eigenvalue weighted by Gasteiger charge is 2.36. The first-order valence-corrected chi connectivity index (χ1v) is 10.1. The van der Waals surface area contributed by atoms with Gasteiger partial charge in [-0.15, -0.1) is 0 Å². The lowest BCUT2D eigenvalue weighted by molar-refractivity contribution is -0.145. The third kappa shape index (κ3) is 5.20. The van der Waals surface area contributed by atoms with E-state index in [-0.39, 0.29) is 28.7 Å². The maximum atomic E-state index is 13.9. The van der Waals surface area contributed by atoms with Crippen LogP contribution in [0.25, 0.3) is 6.08 Å². The van der Waals surface area contributed by atoms with Gasteiger partial charge in [0.1, 0.15) is 24.7 Å².